The lowest BCUT2D eigenvalue weighted by Gasteiger charge is -2.19. The number of amides is 4. The third kappa shape index (κ3) is 6.28. The van der Waals surface area contributed by atoms with Gasteiger partial charge in [-0.3, -0.25) is 38.6 Å². The standard InChI is InChI=1S/C17H13F3N2O3.C16H11F3N2O3/c1-9-7-13(17(18,19)20)12(14(23)21(9)2)8-22-15(24)10-5-3-4-6-11(10)16(22)25;1-8-6-12(16(17,18)19)11(13(22)20-8)7-21-14(23)9-4-2-3-5-10(9)15(21)24/h3-7H,8H2,1-2H3;2-6H,7H2,1H3,(H,20,22). The zero-order chi connectivity index (χ0) is 36.2. The minimum atomic E-state index is -4.77. The number of aryl methyl sites for hydroxylation is 2. The highest BCUT2D eigenvalue weighted by Crippen LogP contribution is 2.34. The highest BCUT2D eigenvalue weighted by atomic mass is 19.4. The van der Waals surface area contributed by atoms with E-state index in [-0.39, 0.29) is 33.6 Å². The topological polar surface area (TPSA) is 130 Å². The van der Waals surface area contributed by atoms with Gasteiger partial charge in [0.15, 0.2) is 0 Å². The third-order valence-corrected chi connectivity index (χ3v) is 8.04. The molecule has 254 valence electrons. The lowest BCUT2D eigenvalue weighted by Crippen LogP contribution is -2.36. The van der Waals surface area contributed by atoms with Crippen molar-refractivity contribution in [3.05, 3.63) is 137 Å². The predicted molar refractivity (Wildman–Crippen MR) is 160 cm³/mol. The van der Waals surface area contributed by atoms with Crippen molar-refractivity contribution in [2.75, 3.05) is 0 Å². The molecule has 6 rings (SSSR count). The number of benzene rings is 2. The van der Waals surface area contributed by atoms with Crippen LogP contribution < -0.4 is 11.1 Å². The number of fused-ring (bicyclic) bond motifs is 2. The fraction of sp³-hybridized carbons (Fsp3) is 0.212. The summed E-state index contributed by atoms with van der Waals surface area (Å²) in [6.45, 7) is 1.23. The molecule has 0 bridgehead atoms. The number of aromatic amines is 1. The molecule has 10 nitrogen and oxygen atoms in total. The Balaban J connectivity index is 0.000000191. The average molecular weight is 687 g/mol. The summed E-state index contributed by atoms with van der Waals surface area (Å²) in [5, 5.41) is 0. The van der Waals surface area contributed by atoms with Gasteiger partial charge in [-0.1, -0.05) is 24.3 Å². The first-order valence-electron chi connectivity index (χ1n) is 14.3. The first kappa shape index (κ1) is 34.5. The molecule has 2 aromatic carbocycles. The summed E-state index contributed by atoms with van der Waals surface area (Å²) in [5.41, 5.74) is -4.82. The number of nitrogens with one attached hydrogen (secondary N) is 1. The van der Waals surface area contributed by atoms with Gasteiger partial charge in [-0.15, -0.1) is 0 Å². The van der Waals surface area contributed by atoms with Crippen molar-refractivity contribution in [1.82, 2.24) is 19.4 Å². The maximum Gasteiger partial charge on any atom is 0.417 e. The van der Waals surface area contributed by atoms with Gasteiger partial charge in [0.25, 0.3) is 34.7 Å². The number of halogens is 6. The smallest absolute Gasteiger partial charge is 0.326 e. The number of pyridine rings is 2. The maximum absolute atomic E-state index is 13.3. The Kier molecular flexibility index (Phi) is 8.69. The van der Waals surface area contributed by atoms with Gasteiger partial charge < -0.3 is 9.55 Å². The van der Waals surface area contributed by atoms with Gasteiger partial charge in [0.05, 0.1) is 46.5 Å². The second kappa shape index (κ2) is 12.3. The Morgan fingerprint density at radius 3 is 1.35 bits per heavy atom. The van der Waals surface area contributed by atoms with Crippen molar-refractivity contribution in [3.8, 4) is 0 Å². The first-order valence-corrected chi connectivity index (χ1v) is 14.3. The molecule has 0 saturated heterocycles. The highest BCUT2D eigenvalue weighted by Gasteiger charge is 2.41. The number of rotatable bonds is 4. The number of H-pyrrole nitrogens is 1. The monoisotopic (exact) mass is 686 g/mol. The SMILES string of the molecule is Cc1cc(C(F)(F)F)c(CN2C(=O)c3ccccc3C2=O)c(=O)[nH]1.Cc1cc(C(F)(F)F)c(CN2C(=O)c3ccccc3C2=O)c(=O)n1C. The molecule has 0 fully saturated rings. The quantitative estimate of drug-likeness (QED) is 0.238. The van der Waals surface area contributed by atoms with Gasteiger partial charge in [0.1, 0.15) is 0 Å². The van der Waals surface area contributed by atoms with Crippen LogP contribution in [0.4, 0.5) is 26.3 Å². The normalized spacial score (nSPS) is 14.2. The molecule has 49 heavy (non-hydrogen) atoms. The van der Waals surface area contributed by atoms with Crippen LogP contribution in [-0.4, -0.2) is 43.0 Å². The Morgan fingerprint density at radius 2 is 0.959 bits per heavy atom. The second-order valence-electron chi connectivity index (χ2n) is 11.2. The van der Waals surface area contributed by atoms with Crippen LogP contribution in [0, 0.1) is 13.8 Å². The average Bonchev–Trinajstić information content (AvgIpc) is 3.41. The largest absolute Gasteiger partial charge is 0.417 e. The molecule has 0 unspecified atom stereocenters. The number of nitrogens with zero attached hydrogens (tertiary/aromatic N) is 3. The Labute approximate surface area is 272 Å². The molecule has 2 aliphatic rings. The van der Waals surface area contributed by atoms with E-state index < -0.39 is 82.4 Å². The molecule has 16 heteroatoms. The molecule has 4 heterocycles. The van der Waals surface area contributed by atoms with Gasteiger partial charge in [0, 0.05) is 29.6 Å². The molecule has 2 aromatic heterocycles. The van der Waals surface area contributed by atoms with E-state index in [2.05, 4.69) is 4.98 Å². The zero-order valence-corrected chi connectivity index (χ0v) is 25.7. The number of hydrogen-bond acceptors (Lipinski definition) is 6. The predicted octanol–water partition coefficient (Wildman–Crippen LogP) is 5.01. The maximum atomic E-state index is 13.3. The molecule has 0 saturated carbocycles. The fourth-order valence-corrected chi connectivity index (χ4v) is 5.48. The van der Waals surface area contributed by atoms with E-state index in [0.29, 0.717) is 9.80 Å². The second-order valence-corrected chi connectivity index (χ2v) is 11.2. The summed E-state index contributed by atoms with van der Waals surface area (Å²) < 4.78 is 80.7. The number of alkyl halides is 6. The van der Waals surface area contributed by atoms with Crippen molar-refractivity contribution < 1.29 is 45.5 Å². The molecule has 1 N–H and O–H groups in total. The van der Waals surface area contributed by atoms with Crippen LogP contribution in [0.3, 0.4) is 0 Å². The Morgan fingerprint density at radius 1 is 0.592 bits per heavy atom. The van der Waals surface area contributed by atoms with Crippen LogP contribution in [0.15, 0.2) is 70.3 Å². The van der Waals surface area contributed by atoms with Crippen LogP contribution in [0.25, 0.3) is 0 Å². The number of carbonyl (C=O) groups excluding carboxylic acids is 4. The molecule has 0 spiro atoms. The minimum Gasteiger partial charge on any atom is -0.326 e. The molecular formula is C33H24F6N4O6. The van der Waals surface area contributed by atoms with E-state index in [1.54, 1.807) is 24.3 Å². The van der Waals surface area contributed by atoms with Crippen LogP contribution in [-0.2, 0) is 32.5 Å². The molecule has 4 aromatic rings. The summed E-state index contributed by atoms with van der Waals surface area (Å²) in [6.07, 6.45) is -9.54. The molecule has 4 amide bonds. The number of hydrogen-bond donors (Lipinski definition) is 1. The van der Waals surface area contributed by atoms with Crippen molar-refractivity contribution in [2.45, 2.75) is 39.3 Å². The van der Waals surface area contributed by atoms with Crippen LogP contribution in [0.2, 0.25) is 0 Å². The summed E-state index contributed by atoms with van der Waals surface area (Å²) in [7, 11) is 1.34. The van der Waals surface area contributed by atoms with Crippen LogP contribution in [0.5, 0.6) is 0 Å². The van der Waals surface area contributed by atoms with Crippen molar-refractivity contribution in [3.63, 3.8) is 0 Å². The lowest BCUT2D eigenvalue weighted by atomic mass is 10.1. The van der Waals surface area contributed by atoms with Crippen molar-refractivity contribution >= 4 is 23.6 Å². The van der Waals surface area contributed by atoms with Gasteiger partial charge in [-0.2, -0.15) is 26.3 Å². The summed E-state index contributed by atoms with van der Waals surface area (Å²) >= 11 is 0. The van der Waals surface area contributed by atoms with Crippen LogP contribution in [0.1, 0.15) is 75.1 Å². The van der Waals surface area contributed by atoms with E-state index in [4.69, 9.17) is 0 Å². The van der Waals surface area contributed by atoms with E-state index in [1.165, 1.54) is 45.2 Å². The fourth-order valence-electron chi connectivity index (χ4n) is 5.48. The molecule has 0 aliphatic carbocycles. The van der Waals surface area contributed by atoms with Crippen LogP contribution >= 0.6 is 0 Å². The molecular weight excluding hydrogens is 662 g/mol. The molecule has 2 aliphatic heterocycles. The van der Waals surface area contributed by atoms with E-state index in [1.807, 2.05) is 0 Å². The van der Waals surface area contributed by atoms with E-state index in [9.17, 15) is 55.1 Å². The van der Waals surface area contributed by atoms with Gasteiger partial charge >= 0.3 is 12.4 Å². The Bertz CT molecular complexity index is 2110. The lowest BCUT2D eigenvalue weighted by molar-refractivity contribution is -0.139. The summed E-state index contributed by atoms with van der Waals surface area (Å²) in [5.74, 6) is -2.86. The number of imide groups is 2. The van der Waals surface area contributed by atoms with Crippen molar-refractivity contribution in [1.29, 1.82) is 0 Å². The number of aromatic nitrogens is 2. The van der Waals surface area contributed by atoms with Gasteiger partial charge in [-0.25, -0.2) is 0 Å². The first-order chi connectivity index (χ1) is 22.8. The summed E-state index contributed by atoms with van der Waals surface area (Å²) in [6, 6.07) is 13.5. The van der Waals surface area contributed by atoms with E-state index in [0.717, 1.165) is 16.7 Å². The zero-order valence-electron chi connectivity index (χ0n) is 25.7. The summed E-state index contributed by atoms with van der Waals surface area (Å²) in [4.78, 5) is 77.1. The Hall–Kier alpha value is -5.80. The van der Waals surface area contributed by atoms with E-state index >= 15 is 0 Å². The van der Waals surface area contributed by atoms with Crippen molar-refractivity contribution in [2.24, 2.45) is 7.05 Å². The molecule has 0 radical (unpaired) electrons. The highest BCUT2D eigenvalue weighted by molar-refractivity contribution is 6.22. The third-order valence-electron chi connectivity index (χ3n) is 8.04. The van der Waals surface area contributed by atoms with Gasteiger partial charge in [-0.05, 0) is 50.2 Å². The minimum absolute atomic E-state index is 0.0402. The number of carbonyl (C=O) groups is 4. The molecule has 0 atom stereocenters. The van der Waals surface area contributed by atoms with Gasteiger partial charge in [0.2, 0.25) is 0 Å².